The molecule has 112 valence electrons. The predicted octanol–water partition coefficient (Wildman–Crippen LogP) is 4.57. The summed E-state index contributed by atoms with van der Waals surface area (Å²) in [6.45, 7) is 6.05. The van der Waals surface area contributed by atoms with E-state index in [2.05, 4.69) is 13.8 Å². The van der Waals surface area contributed by atoms with Gasteiger partial charge in [-0.2, -0.15) is 8.42 Å². The van der Waals surface area contributed by atoms with Crippen LogP contribution in [0.5, 0.6) is 0 Å². The molecule has 0 heterocycles. The zero-order chi connectivity index (χ0) is 15.0. The standard InChI is InChI=1S/C16H24O3S/c1-4-6-8-15(9-7-5-2)19-20(17,18)16-12-10-14(3)11-13-16/h8,10-13H,4-7,9H2,1-3H3/b15-8+. The highest BCUT2D eigenvalue weighted by Crippen LogP contribution is 2.20. The first-order chi connectivity index (χ1) is 9.49. The van der Waals surface area contributed by atoms with E-state index in [0.29, 0.717) is 12.2 Å². The molecule has 0 radical (unpaired) electrons. The molecule has 1 aromatic rings. The molecule has 0 aliphatic carbocycles. The van der Waals surface area contributed by atoms with Crippen molar-refractivity contribution in [1.82, 2.24) is 0 Å². The van der Waals surface area contributed by atoms with E-state index in [4.69, 9.17) is 4.18 Å². The van der Waals surface area contributed by atoms with Crippen LogP contribution in [0.1, 0.15) is 51.5 Å². The zero-order valence-electron chi connectivity index (χ0n) is 12.6. The average molecular weight is 296 g/mol. The van der Waals surface area contributed by atoms with Gasteiger partial charge in [-0.25, -0.2) is 0 Å². The third kappa shape index (κ3) is 5.37. The fourth-order valence-electron chi connectivity index (χ4n) is 1.73. The lowest BCUT2D eigenvalue weighted by Gasteiger charge is -2.11. The second kappa shape index (κ2) is 8.10. The van der Waals surface area contributed by atoms with Gasteiger partial charge < -0.3 is 4.18 Å². The number of allylic oxidation sites excluding steroid dienone is 2. The van der Waals surface area contributed by atoms with Crippen molar-refractivity contribution in [2.45, 2.75) is 57.8 Å². The van der Waals surface area contributed by atoms with Crippen molar-refractivity contribution in [3.05, 3.63) is 41.7 Å². The first-order valence-electron chi connectivity index (χ1n) is 7.19. The molecule has 4 heteroatoms. The van der Waals surface area contributed by atoms with E-state index in [1.54, 1.807) is 24.3 Å². The number of hydrogen-bond acceptors (Lipinski definition) is 3. The van der Waals surface area contributed by atoms with Crippen molar-refractivity contribution in [3.8, 4) is 0 Å². The molecule has 1 aromatic carbocycles. The van der Waals surface area contributed by atoms with Gasteiger partial charge in [0.25, 0.3) is 0 Å². The SMILES string of the molecule is CCC/C=C(\CCCC)OS(=O)(=O)c1ccc(C)cc1. The van der Waals surface area contributed by atoms with Crippen LogP contribution < -0.4 is 0 Å². The summed E-state index contributed by atoms with van der Waals surface area (Å²) in [5.41, 5.74) is 1.02. The predicted molar refractivity (Wildman–Crippen MR) is 82.0 cm³/mol. The molecule has 0 aromatic heterocycles. The second-order valence-electron chi connectivity index (χ2n) is 4.91. The smallest absolute Gasteiger partial charge is 0.338 e. The van der Waals surface area contributed by atoms with Crippen molar-refractivity contribution in [3.63, 3.8) is 0 Å². The average Bonchev–Trinajstić information content (AvgIpc) is 2.42. The number of unbranched alkanes of at least 4 members (excludes halogenated alkanes) is 2. The van der Waals surface area contributed by atoms with Crippen LogP contribution in [0.15, 0.2) is 41.0 Å². The lowest BCUT2D eigenvalue weighted by Crippen LogP contribution is -2.06. The molecule has 0 amide bonds. The molecule has 0 aliphatic rings. The lowest BCUT2D eigenvalue weighted by atomic mass is 10.2. The summed E-state index contributed by atoms with van der Waals surface area (Å²) < 4.78 is 29.7. The summed E-state index contributed by atoms with van der Waals surface area (Å²) >= 11 is 0. The van der Waals surface area contributed by atoms with E-state index in [-0.39, 0.29) is 4.90 Å². The molecule has 0 saturated heterocycles. The molecular weight excluding hydrogens is 272 g/mol. The van der Waals surface area contributed by atoms with Crippen LogP contribution in [-0.4, -0.2) is 8.42 Å². The molecule has 0 aliphatic heterocycles. The van der Waals surface area contributed by atoms with Gasteiger partial charge in [-0.3, -0.25) is 0 Å². The minimum absolute atomic E-state index is 0.210. The molecule has 0 fully saturated rings. The van der Waals surface area contributed by atoms with Gasteiger partial charge in [0.1, 0.15) is 10.7 Å². The van der Waals surface area contributed by atoms with E-state index in [1.807, 2.05) is 13.0 Å². The molecule has 0 saturated carbocycles. The Hall–Kier alpha value is -1.29. The van der Waals surface area contributed by atoms with Crippen molar-refractivity contribution in [1.29, 1.82) is 0 Å². The molecule has 0 N–H and O–H groups in total. The summed E-state index contributed by atoms with van der Waals surface area (Å²) in [5, 5.41) is 0. The fraction of sp³-hybridized carbons (Fsp3) is 0.500. The molecule has 0 spiro atoms. The van der Waals surface area contributed by atoms with E-state index in [1.165, 1.54) is 0 Å². The third-order valence-corrected chi connectivity index (χ3v) is 4.25. The summed E-state index contributed by atoms with van der Waals surface area (Å²) in [7, 11) is -3.71. The van der Waals surface area contributed by atoms with Gasteiger partial charge in [-0.05, 0) is 38.0 Å². The quantitative estimate of drug-likeness (QED) is 0.521. The molecular formula is C16H24O3S. The molecule has 0 atom stereocenters. The number of aryl methyl sites for hydroxylation is 1. The Morgan fingerprint density at radius 3 is 2.35 bits per heavy atom. The topological polar surface area (TPSA) is 43.4 Å². The van der Waals surface area contributed by atoms with E-state index >= 15 is 0 Å². The van der Waals surface area contributed by atoms with Crippen LogP contribution in [0.25, 0.3) is 0 Å². The lowest BCUT2D eigenvalue weighted by molar-refractivity contribution is 0.384. The van der Waals surface area contributed by atoms with Gasteiger partial charge in [0.15, 0.2) is 0 Å². The molecule has 3 nitrogen and oxygen atoms in total. The maximum absolute atomic E-state index is 12.2. The Morgan fingerprint density at radius 2 is 1.80 bits per heavy atom. The fourth-order valence-corrected chi connectivity index (χ4v) is 2.73. The molecule has 0 unspecified atom stereocenters. The van der Waals surface area contributed by atoms with Gasteiger partial charge in [-0.1, -0.05) is 44.4 Å². The van der Waals surface area contributed by atoms with Gasteiger partial charge in [0, 0.05) is 6.42 Å². The molecule has 0 bridgehead atoms. The van der Waals surface area contributed by atoms with Crippen LogP contribution >= 0.6 is 0 Å². The third-order valence-electron chi connectivity index (χ3n) is 2.96. The van der Waals surface area contributed by atoms with Crippen molar-refractivity contribution in [2.24, 2.45) is 0 Å². The van der Waals surface area contributed by atoms with Crippen molar-refractivity contribution in [2.75, 3.05) is 0 Å². The molecule has 20 heavy (non-hydrogen) atoms. The maximum Gasteiger partial charge on any atom is 0.338 e. The van der Waals surface area contributed by atoms with Crippen molar-refractivity contribution < 1.29 is 12.6 Å². The van der Waals surface area contributed by atoms with Gasteiger partial charge in [0.05, 0.1) is 0 Å². The highest BCUT2D eigenvalue weighted by Gasteiger charge is 2.17. The van der Waals surface area contributed by atoms with E-state index < -0.39 is 10.1 Å². The highest BCUT2D eigenvalue weighted by molar-refractivity contribution is 7.86. The second-order valence-corrected chi connectivity index (χ2v) is 6.46. The largest absolute Gasteiger partial charge is 0.384 e. The summed E-state index contributed by atoms with van der Waals surface area (Å²) in [5.74, 6) is 0.564. The van der Waals surface area contributed by atoms with Gasteiger partial charge in [-0.15, -0.1) is 0 Å². The Labute approximate surface area is 122 Å². The van der Waals surface area contributed by atoms with Gasteiger partial charge >= 0.3 is 10.1 Å². The minimum Gasteiger partial charge on any atom is -0.384 e. The van der Waals surface area contributed by atoms with Crippen LogP contribution in [-0.2, 0) is 14.3 Å². The van der Waals surface area contributed by atoms with Crippen LogP contribution in [0.4, 0.5) is 0 Å². The minimum atomic E-state index is -3.71. The van der Waals surface area contributed by atoms with Gasteiger partial charge in [0.2, 0.25) is 0 Å². The zero-order valence-corrected chi connectivity index (χ0v) is 13.4. The van der Waals surface area contributed by atoms with Crippen LogP contribution in [0.3, 0.4) is 0 Å². The Balaban J connectivity index is 2.87. The van der Waals surface area contributed by atoms with Crippen LogP contribution in [0.2, 0.25) is 0 Å². The summed E-state index contributed by atoms with van der Waals surface area (Å²) in [6, 6.07) is 6.72. The number of benzene rings is 1. The Bertz CT molecular complexity index is 527. The molecule has 1 rings (SSSR count). The Morgan fingerprint density at radius 1 is 1.15 bits per heavy atom. The van der Waals surface area contributed by atoms with Crippen LogP contribution in [0, 0.1) is 6.92 Å². The monoisotopic (exact) mass is 296 g/mol. The maximum atomic E-state index is 12.2. The van der Waals surface area contributed by atoms with E-state index in [9.17, 15) is 8.42 Å². The van der Waals surface area contributed by atoms with Crippen molar-refractivity contribution >= 4 is 10.1 Å². The number of hydrogen-bond donors (Lipinski definition) is 0. The normalized spacial score (nSPS) is 12.4. The first-order valence-corrected chi connectivity index (χ1v) is 8.60. The number of rotatable bonds is 8. The Kier molecular flexibility index (Phi) is 6.79. The summed E-state index contributed by atoms with van der Waals surface area (Å²) in [6.07, 6.45) is 6.31. The first kappa shape index (κ1) is 16.8. The van der Waals surface area contributed by atoms with E-state index in [0.717, 1.165) is 31.2 Å². The highest BCUT2D eigenvalue weighted by atomic mass is 32.2. The summed E-state index contributed by atoms with van der Waals surface area (Å²) in [4.78, 5) is 0.210.